The minimum atomic E-state index is -0.605. The van der Waals surface area contributed by atoms with Crippen LogP contribution in [0.4, 0.5) is 0 Å². The average Bonchev–Trinajstić information content (AvgIpc) is 1.61. The summed E-state index contributed by atoms with van der Waals surface area (Å²) in [5.41, 5.74) is 11.3. The Morgan fingerprint density at radius 3 is 0.833 bits per heavy atom. The first kappa shape index (κ1) is 74.0. The summed E-state index contributed by atoms with van der Waals surface area (Å²) < 4.78 is 0. The van der Waals surface area contributed by atoms with Crippen molar-refractivity contribution < 1.29 is 30.6 Å². The summed E-state index contributed by atoms with van der Waals surface area (Å²) in [7, 11) is 0. The van der Waals surface area contributed by atoms with Crippen LogP contribution in [0, 0.1) is 105 Å². The van der Waals surface area contributed by atoms with Crippen molar-refractivity contribution in [2.24, 2.45) is 105 Å². The van der Waals surface area contributed by atoms with Crippen LogP contribution in [0.15, 0.2) is 143 Å². The molecular formula is C84H132O6. The van der Waals surface area contributed by atoms with Crippen LogP contribution in [-0.2, 0) is 0 Å². The quantitative estimate of drug-likeness (QED) is 0.0909. The summed E-state index contributed by atoms with van der Waals surface area (Å²) in [4.78, 5) is 0. The van der Waals surface area contributed by atoms with Crippen LogP contribution in [0.25, 0.3) is 0 Å². The molecule has 0 aromatic rings. The van der Waals surface area contributed by atoms with E-state index in [1.54, 1.807) is 16.7 Å². The minimum absolute atomic E-state index is 0.385. The van der Waals surface area contributed by atoms with Crippen molar-refractivity contribution in [2.45, 2.75) is 275 Å². The van der Waals surface area contributed by atoms with Gasteiger partial charge >= 0.3 is 0 Å². The molecule has 9 saturated carbocycles. The molecule has 0 spiro atoms. The predicted octanol–water partition coefficient (Wildman–Crippen LogP) is 19.8. The molecule has 504 valence electrons. The molecule has 0 saturated heterocycles. The second-order valence-electron chi connectivity index (χ2n) is 33.0. The Bertz CT molecular complexity index is 2430. The number of hydrogen-bond donors (Lipinski definition) is 6. The fourth-order valence-electron chi connectivity index (χ4n) is 18.9. The molecule has 6 nitrogen and oxygen atoms in total. The van der Waals surface area contributed by atoms with E-state index in [4.69, 9.17) is 0 Å². The largest absolute Gasteiger partial charge is 0.393 e. The molecular weight excluding hydrogens is 1100 g/mol. The summed E-state index contributed by atoms with van der Waals surface area (Å²) in [5, 5.41) is 60.6. The predicted molar refractivity (Wildman–Crippen MR) is 381 cm³/mol. The third-order valence-electron chi connectivity index (χ3n) is 26.1. The van der Waals surface area contributed by atoms with Crippen LogP contribution in [0.5, 0.6) is 0 Å². The molecule has 9 fully saturated rings. The van der Waals surface area contributed by atoms with E-state index in [1.807, 2.05) is 0 Å². The summed E-state index contributed by atoms with van der Waals surface area (Å²) in [6.45, 7) is 47.9. The number of rotatable bonds is 15. The fourth-order valence-corrected chi connectivity index (χ4v) is 18.9. The lowest BCUT2D eigenvalue weighted by atomic mass is 9.61. The Morgan fingerprint density at radius 2 is 0.600 bits per heavy atom. The van der Waals surface area contributed by atoms with E-state index in [1.165, 1.54) is 96.3 Å². The number of aliphatic hydroxyl groups is 6. The van der Waals surface area contributed by atoms with Gasteiger partial charge in [0.05, 0.1) is 36.6 Å². The van der Waals surface area contributed by atoms with Crippen LogP contribution in [-0.4, -0.2) is 67.3 Å². The highest BCUT2D eigenvalue weighted by Gasteiger charge is 2.53. The van der Waals surface area contributed by atoms with Crippen LogP contribution >= 0.6 is 0 Å². The van der Waals surface area contributed by atoms with Gasteiger partial charge in [0.25, 0.3) is 0 Å². The van der Waals surface area contributed by atoms with E-state index in [2.05, 4.69) is 197 Å². The van der Waals surface area contributed by atoms with E-state index in [0.717, 1.165) is 51.2 Å². The number of allylic oxidation sites excluding steroid dienone is 15. The topological polar surface area (TPSA) is 121 Å². The normalized spacial score (nSPS) is 39.8. The maximum absolute atomic E-state index is 10.1. The Hall–Kier alpha value is -3.36. The highest BCUT2D eigenvalue weighted by atomic mass is 16.3. The SMILES string of the molecule is C=C1/C(=C/C=C2\CCC[C@]3(C)[C@@H]([C@H](C)/C=C/[C@@H](C)C(C)C)CC[C@@H]23)C[C@@H](O)C[C@@H]1O.C=C1/C(=C/C=C2\CCC[C@]3(C)[C@@H]([C@H](C)/C=C/[C@@H](C)C(C)C)CC[C@@H]23)C[C@@H](O)C[C@@H]1O.C=C1/C(=C/C=C2\CCC[C@]3(C)[C@@H]([C@H](C)/C=C/[C@@H](C)C(C)C)CC[C@@H]23)C[C@@H](O)C[C@@H]1O. The maximum Gasteiger partial charge on any atom is 0.0811 e. The lowest BCUT2D eigenvalue weighted by Crippen LogP contribution is -2.35. The van der Waals surface area contributed by atoms with Gasteiger partial charge in [-0.05, 0) is 254 Å². The molecule has 90 heavy (non-hydrogen) atoms. The first-order chi connectivity index (χ1) is 42.4. The molecule has 0 bridgehead atoms. The van der Waals surface area contributed by atoms with E-state index in [-0.39, 0.29) is 0 Å². The minimum Gasteiger partial charge on any atom is -0.393 e. The van der Waals surface area contributed by atoms with Crippen molar-refractivity contribution in [1.82, 2.24) is 0 Å². The number of fused-ring (bicyclic) bond motifs is 3. The van der Waals surface area contributed by atoms with E-state index >= 15 is 0 Å². The molecule has 9 aliphatic carbocycles. The van der Waals surface area contributed by atoms with Gasteiger partial charge in [-0.25, -0.2) is 0 Å². The Morgan fingerprint density at radius 1 is 0.356 bits per heavy atom. The molecule has 0 aromatic heterocycles. The molecule has 9 rings (SSSR count). The summed E-state index contributed by atoms with van der Waals surface area (Å²) in [6, 6.07) is 0. The molecule has 6 heteroatoms. The van der Waals surface area contributed by atoms with Crippen molar-refractivity contribution in [3.05, 3.63) is 143 Å². The van der Waals surface area contributed by atoms with Gasteiger partial charge in [0.15, 0.2) is 0 Å². The standard InChI is InChI=1S/3C28H44O2/c3*1-18(2)19(3)9-10-20(4)25-13-14-26-22(8-7-15-28(25,26)6)11-12-23-16-24(29)17-27(30)21(23)5/h3*9-12,18-20,24-27,29-30H,5,7-8,13-17H2,1-4,6H3/b3*10-9+,22-11+,23-12+/t3*19-,20-,24-,25-,26+,27+,28-/m111/s1. The fraction of sp³-hybridized carbons (Fsp3) is 0.714. The zero-order valence-electron chi connectivity index (χ0n) is 59.7. The maximum atomic E-state index is 10.1. The molecule has 0 unspecified atom stereocenters. The Labute approximate surface area is 550 Å². The molecule has 0 aliphatic heterocycles. The van der Waals surface area contributed by atoms with Gasteiger partial charge in [0, 0.05) is 19.3 Å². The highest BCUT2D eigenvalue weighted by molar-refractivity contribution is 5.41. The van der Waals surface area contributed by atoms with Gasteiger partial charge in [-0.2, -0.15) is 0 Å². The smallest absolute Gasteiger partial charge is 0.0811 e. The van der Waals surface area contributed by atoms with Crippen LogP contribution < -0.4 is 0 Å². The number of aliphatic hydroxyl groups excluding tert-OH is 6. The van der Waals surface area contributed by atoms with Crippen molar-refractivity contribution >= 4 is 0 Å². The molecule has 0 radical (unpaired) electrons. The first-order valence-electron chi connectivity index (χ1n) is 36.8. The summed E-state index contributed by atoms with van der Waals surface area (Å²) in [6.07, 6.45) is 47.3. The third kappa shape index (κ3) is 17.8. The van der Waals surface area contributed by atoms with E-state index < -0.39 is 36.6 Å². The van der Waals surface area contributed by atoms with Gasteiger partial charge in [0.1, 0.15) is 0 Å². The highest BCUT2D eigenvalue weighted by Crippen LogP contribution is 2.62. The molecule has 0 aromatic carbocycles. The van der Waals surface area contributed by atoms with Gasteiger partial charge in [-0.1, -0.05) is 213 Å². The van der Waals surface area contributed by atoms with Gasteiger partial charge in [-0.3, -0.25) is 0 Å². The van der Waals surface area contributed by atoms with Crippen molar-refractivity contribution in [1.29, 1.82) is 0 Å². The lowest BCUT2D eigenvalue weighted by Gasteiger charge is -2.44. The summed E-state index contributed by atoms with van der Waals surface area (Å²) >= 11 is 0. The van der Waals surface area contributed by atoms with Crippen molar-refractivity contribution in [2.75, 3.05) is 0 Å². The average molecular weight is 1240 g/mol. The Kier molecular flexibility index (Phi) is 26.6. The third-order valence-corrected chi connectivity index (χ3v) is 26.1. The van der Waals surface area contributed by atoms with Crippen LogP contribution in [0.3, 0.4) is 0 Å². The van der Waals surface area contributed by atoms with E-state index in [0.29, 0.717) is 126 Å². The summed E-state index contributed by atoms with van der Waals surface area (Å²) in [5.74, 6) is 10.1. The molecule has 9 aliphatic rings. The molecule has 0 amide bonds. The molecule has 21 atom stereocenters. The van der Waals surface area contributed by atoms with Crippen LogP contribution in [0.2, 0.25) is 0 Å². The molecule has 6 N–H and O–H groups in total. The van der Waals surface area contributed by atoms with Crippen LogP contribution in [0.1, 0.15) is 239 Å². The van der Waals surface area contributed by atoms with Crippen molar-refractivity contribution in [3.8, 4) is 0 Å². The second kappa shape index (κ2) is 32.4. The van der Waals surface area contributed by atoms with Gasteiger partial charge in [-0.15, -0.1) is 0 Å². The van der Waals surface area contributed by atoms with Crippen molar-refractivity contribution in [3.63, 3.8) is 0 Å². The zero-order chi connectivity index (χ0) is 66.2. The second-order valence-corrected chi connectivity index (χ2v) is 33.0. The lowest BCUT2D eigenvalue weighted by molar-refractivity contribution is 0.0855. The monoisotopic (exact) mass is 1240 g/mol. The van der Waals surface area contributed by atoms with E-state index in [9.17, 15) is 30.6 Å². The first-order valence-corrected chi connectivity index (χ1v) is 36.8. The van der Waals surface area contributed by atoms with Gasteiger partial charge < -0.3 is 30.6 Å². The Balaban J connectivity index is 0.000000192. The number of hydrogen-bond acceptors (Lipinski definition) is 6. The molecule has 0 heterocycles. The zero-order valence-corrected chi connectivity index (χ0v) is 59.7. The van der Waals surface area contributed by atoms with Gasteiger partial charge in [0.2, 0.25) is 0 Å².